The van der Waals surface area contributed by atoms with Gasteiger partial charge in [-0.3, -0.25) is 0 Å². The van der Waals surface area contributed by atoms with E-state index in [4.69, 9.17) is 0 Å². The van der Waals surface area contributed by atoms with Gasteiger partial charge in [0.05, 0.1) is 5.52 Å². The van der Waals surface area contributed by atoms with Crippen molar-refractivity contribution in [1.29, 1.82) is 0 Å². The van der Waals surface area contributed by atoms with E-state index >= 15 is 0 Å². The second-order valence-corrected chi connectivity index (χ2v) is 8.21. The van der Waals surface area contributed by atoms with Crippen LogP contribution in [-0.4, -0.2) is 4.57 Å². The van der Waals surface area contributed by atoms with Gasteiger partial charge in [-0.05, 0) is 64.0 Å². The number of fused-ring (bicyclic) bond motifs is 4. The molecule has 0 spiro atoms. The summed E-state index contributed by atoms with van der Waals surface area (Å²) in [5.74, 6) is 0. The number of hydrogen-bond donors (Lipinski definition) is 0. The summed E-state index contributed by atoms with van der Waals surface area (Å²) in [5.41, 5.74) is 7.98. The standard InChI is InChI=1S/C23H18BrN/c1-23(2)20-13-16(24)7-9-18(20)19-10-8-17(14-21(19)23)25-12-11-15-5-3-4-6-22(15)25/h3-14H,1-2H3. The summed E-state index contributed by atoms with van der Waals surface area (Å²) in [5, 5.41) is 1.27. The minimum atomic E-state index is 0.00735. The molecule has 0 amide bonds. The molecular weight excluding hydrogens is 370 g/mol. The molecule has 1 aliphatic carbocycles. The van der Waals surface area contributed by atoms with Crippen LogP contribution in [0, 0.1) is 0 Å². The number of halogens is 1. The van der Waals surface area contributed by atoms with Crippen LogP contribution in [0.5, 0.6) is 0 Å². The predicted molar refractivity (Wildman–Crippen MR) is 109 cm³/mol. The Morgan fingerprint density at radius 3 is 2.36 bits per heavy atom. The minimum absolute atomic E-state index is 0.00735. The highest BCUT2D eigenvalue weighted by molar-refractivity contribution is 9.10. The summed E-state index contributed by atoms with van der Waals surface area (Å²) >= 11 is 3.63. The smallest absolute Gasteiger partial charge is 0.0528 e. The number of aromatic nitrogens is 1. The number of rotatable bonds is 1. The van der Waals surface area contributed by atoms with Gasteiger partial charge in [-0.15, -0.1) is 0 Å². The first kappa shape index (κ1) is 15.0. The summed E-state index contributed by atoms with van der Waals surface area (Å²) in [6.07, 6.45) is 2.16. The van der Waals surface area contributed by atoms with Crippen molar-refractivity contribution in [3.05, 3.63) is 88.5 Å². The highest BCUT2D eigenvalue weighted by atomic mass is 79.9. The summed E-state index contributed by atoms with van der Waals surface area (Å²) in [6.45, 7) is 4.64. The van der Waals surface area contributed by atoms with Crippen LogP contribution >= 0.6 is 15.9 Å². The van der Waals surface area contributed by atoms with E-state index in [1.807, 2.05) is 0 Å². The van der Waals surface area contributed by atoms with Gasteiger partial charge in [-0.25, -0.2) is 0 Å². The number of nitrogens with zero attached hydrogens (tertiary/aromatic N) is 1. The highest BCUT2D eigenvalue weighted by Crippen LogP contribution is 2.49. The van der Waals surface area contributed by atoms with Gasteiger partial charge in [0.2, 0.25) is 0 Å². The molecule has 0 fully saturated rings. The van der Waals surface area contributed by atoms with Crippen LogP contribution in [0.2, 0.25) is 0 Å². The molecule has 1 aliphatic rings. The Labute approximate surface area is 156 Å². The van der Waals surface area contributed by atoms with Crippen molar-refractivity contribution in [1.82, 2.24) is 4.57 Å². The average Bonchev–Trinajstić information content (AvgIpc) is 3.13. The van der Waals surface area contributed by atoms with Crippen LogP contribution in [0.4, 0.5) is 0 Å². The number of benzene rings is 3. The first-order chi connectivity index (χ1) is 12.1. The molecule has 0 saturated carbocycles. The lowest BCUT2D eigenvalue weighted by atomic mass is 9.82. The molecule has 0 saturated heterocycles. The van der Waals surface area contributed by atoms with E-state index in [2.05, 4.69) is 107 Å². The van der Waals surface area contributed by atoms with Crippen molar-refractivity contribution < 1.29 is 0 Å². The third-order valence-electron chi connectivity index (χ3n) is 5.50. The molecule has 1 nitrogen and oxygen atoms in total. The maximum atomic E-state index is 3.63. The molecule has 0 bridgehead atoms. The minimum Gasteiger partial charge on any atom is -0.317 e. The third-order valence-corrected chi connectivity index (χ3v) is 5.99. The summed E-state index contributed by atoms with van der Waals surface area (Å²) < 4.78 is 3.42. The lowest BCUT2D eigenvalue weighted by Crippen LogP contribution is -2.15. The van der Waals surface area contributed by atoms with E-state index in [0.29, 0.717) is 0 Å². The lowest BCUT2D eigenvalue weighted by molar-refractivity contribution is 0.659. The molecule has 0 N–H and O–H groups in total. The van der Waals surface area contributed by atoms with Crippen LogP contribution in [0.1, 0.15) is 25.0 Å². The molecule has 0 aliphatic heterocycles. The second kappa shape index (κ2) is 5.09. The van der Waals surface area contributed by atoms with Crippen molar-refractivity contribution >= 4 is 26.8 Å². The zero-order valence-electron chi connectivity index (χ0n) is 14.3. The molecule has 122 valence electrons. The summed E-state index contributed by atoms with van der Waals surface area (Å²) in [6, 6.07) is 24.2. The van der Waals surface area contributed by atoms with E-state index in [-0.39, 0.29) is 5.41 Å². The zero-order valence-corrected chi connectivity index (χ0v) is 15.8. The number of para-hydroxylation sites is 1. The maximum absolute atomic E-state index is 3.63. The summed E-state index contributed by atoms with van der Waals surface area (Å²) in [7, 11) is 0. The van der Waals surface area contributed by atoms with Crippen LogP contribution in [0.25, 0.3) is 27.7 Å². The predicted octanol–water partition coefficient (Wildman–Crippen LogP) is 6.70. The molecule has 25 heavy (non-hydrogen) atoms. The van der Waals surface area contributed by atoms with E-state index in [9.17, 15) is 0 Å². The van der Waals surface area contributed by atoms with Gasteiger partial charge in [0.1, 0.15) is 0 Å². The molecule has 0 radical (unpaired) electrons. The van der Waals surface area contributed by atoms with Gasteiger partial charge in [0, 0.05) is 21.8 Å². The average molecular weight is 388 g/mol. The Balaban J connectivity index is 1.74. The molecule has 3 aromatic carbocycles. The van der Waals surface area contributed by atoms with E-state index in [1.165, 1.54) is 38.8 Å². The second-order valence-electron chi connectivity index (χ2n) is 7.29. The Bertz CT molecular complexity index is 1130. The lowest BCUT2D eigenvalue weighted by Gasteiger charge is -2.22. The van der Waals surface area contributed by atoms with Crippen LogP contribution in [0.3, 0.4) is 0 Å². The maximum Gasteiger partial charge on any atom is 0.0528 e. The first-order valence-electron chi connectivity index (χ1n) is 8.57. The third kappa shape index (κ3) is 2.07. The molecule has 1 heterocycles. The molecule has 0 unspecified atom stereocenters. The van der Waals surface area contributed by atoms with Gasteiger partial charge < -0.3 is 4.57 Å². The molecule has 4 aromatic rings. The van der Waals surface area contributed by atoms with Gasteiger partial charge in [0.15, 0.2) is 0 Å². The van der Waals surface area contributed by atoms with Gasteiger partial charge in [-0.1, -0.05) is 60.1 Å². The molecule has 0 atom stereocenters. The van der Waals surface area contributed by atoms with Gasteiger partial charge in [-0.2, -0.15) is 0 Å². The van der Waals surface area contributed by atoms with Crippen LogP contribution < -0.4 is 0 Å². The van der Waals surface area contributed by atoms with Crippen molar-refractivity contribution in [3.8, 4) is 16.8 Å². The molecule has 5 rings (SSSR count). The number of hydrogen-bond acceptors (Lipinski definition) is 0. The molecule has 1 aromatic heterocycles. The summed E-state index contributed by atoms with van der Waals surface area (Å²) in [4.78, 5) is 0. The Morgan fingerprint density at radius 1 is 0.800 bits per heavy atom. The normalized spacial score (nSPS) is 14.5. The Hall–Kier alpha value is -2.32. The Morgan fingerprint density at radius 2 is 1.52 bits per heavy atom. The fraction of sp³-hybridized carbons (Fsp3) is 0.130. The zero-order chi connectivity index (χ0) is 17.2. The van der Waals surface area contributed by atoms with Crippen molar-refractivity contribution in [3.63, 3.8) is 0 Å². The first-order valence-corrected chi connectivity index (χ1v) is 9.36. The van der Waals surface area contributed by atoms with Gasteiger partial charge >= 0.3 is 0 Å². The molecular formula is C23H18BrN. The van der Waals surface area contributed by atoms with Crippen molar-refractivity contribution in [2.75, 3.05) is 0 Å². The SMILES string of the molecule is CC1(C)c2cc(Br)ccc2-c2ccc(-n3ccc4ccccc43)cc21. The van der Waals surface area contributed by atoms with E-state index in [0.717, 1.165) is 4.47 Å². The van der Waals surface area contributed by atoms with E-state index < -0.39 is 0 Å². The van der Waals surface area contributed by atoms with Crippen molar-refractivity contribution in [2.45, 2.75) is 19.3 Å². The highest BCUT2D eigenvalue weighted by Gasteiger charge is 2.35. The Kier molecular flexibility index (Phi) is 3.05. The fourth-order valence-electron chi connectivity index (χ4n) is 4.16. The van der Waals surface area contributed by atoms with Crippen molar-refractivity contribution in [2.24, 2.45) is 0 Å². The fourth-order valence-corrected chi connectivity index (χ4v) is 4.52. The van der Waals surface area contributed by atoms with Crippen LogP contribution in [-0.2, 0) is 5.41 Å². The molecule has 2 heteroatoms. The largest absolute Gasteiger partial charge is 0.317 e. The van der Waals surface area contributed by atoms with Gasteiger partial charge in [0.25, 0.3) is 0 Å². The monoisotopic (exact) mass is 387 g/mol. The quantitative estimate of drug-likeness (QED) is 0.342. The topological polar surface area (TPSA) is 4.93 Å². The van der Waals surface area contributed by atoms with Crippen LogP contribution in [0.15, 0.2) is 77.4 Å². The van der Waals surface area contributed by atoms with E-state index in [1.54, 1.807) is 0 Å².